The molecule has 0 spiro atoms. The predicted octanol–water partition coefficient (Wildman–Crippen LogP) is 6.37. The normalized spacial score (nSPS) is 26.2. The molecular formula is C33H34F3N3O3. The van der Waals surface area contributed by atoms with Crippen molar-refractivity contribution in [3.8, 4) is 0 Å². The Labute approximate surface area is 243 Å². The standard InChI is InChI=1S/C33H34F3N3O3/c1-21-14-15-27(38-31(40)23-11-7-12-25(16-23)33(34,35)36)18-28(21)29-17-24-20-37-26(19-30(24)39(2,42)32(29)41)13-6-10-22-8-4-3-5-9-22/h3-9,11-16,18,24,26,29-30,37H,10,17,19-20H2,1-2H3,(H,38,40)/b13-6-. The molecule has 2 amide bonds. The number of rotatable bonds is 6. The number of fused-ring (bicyclic) bond motifs is 1. The van der Waals surface area contributed by atoms with Gasteiger partial charge in [0.1, 0.15) is 12.0 Å². The number of quaternary nitrogens is 1. The van der Waals surface area contributed by atoms with E-state index in [1.165, 1.54) is 24.7 Å². The molecule has 2 aliphatic heterocycles. The van der Waals surface area contributed by atoms with Crippen LogP contribution >= 0.6 is 0 Å². The minimum Gasteiger partial charge on any atom is -0.625 e. The summed E-state index contributed by atoms with van der Waals surface area (Å²) >= 11 is 0. The molecule has 6 nitrogen and oxygen atoms in total. The quantitative estimate of drug-likeness (QED) is 0.203. The average molecular weight is 578 g/mol. The Kier molecular flexibility index (Phi) is 8.37. The number of halogens is 3. The van der Waals surface area contributed by atoms with E-state index in [4.69, 9.17) is 0 Å². The van der Waals surface area contributed by atoms with Crippen molar-refractivity contribution >= 4 is 17.5 Å². The molecule has 2 saturated heterocycles. The highest BCUT2D eigenvalue weighted by atomic mass is 19.4. The van der Waals surface area contributed by atoms with Crippen molar-refractivity contribution in [3.05, 3.63) is 118 Å². The van der Waals surface area contributed by atoms with Crippen LogP contribution in [0.5, 0.6) is 0 Å². The number of nitrogens with one attached hydrogen (secondary N) is 2. The summed E-state index contributed by atoms with van der Waals surface area (Å²) in [5.74, 6) is -1.80. The molecule has 0 bridgehead atoms. The first kappa shape index (κ1) is 29.7. The highest BCUT2D eigenvalue weighted by Crippen LogP contribution is 2.43. The number of alkyl halides is 3. The van der Waals surface area contributed by atoms with Crippen LogP contribution < -0.4 is 10.6 Å². The Balaban J connectivity index is 1.30. The number of hydrogen-bond acceptors (Lipinski definition) is 4. The van der Waals surface area contributed by atoms with Crippen LogP contribution in [0.15, 0.2) is 84.9 Å². The van der Waals surface area contributed by atoms with E-state index in [9.17, 15) is 28.0 Å². The van der Waals surface area contributed by atoms with Crippen LogP contribution in [-0.2, 0) is 17.4 Å². The van der Waals surface area contributed by atoms with E-state index in [1.807, 2.05) is 25.1 Å². The summed E-state index contributed by atoms with van der Waals surface area (Å²) in [6.07, 6.45) is 1.46. The lowest BCUT2D eigenvalue weighted by Crippen LogP contribution is -2.65. The molecule has 0 saturated carbocycles. The fourth-order valence-corrected chi connectivity index (χ4v) is 6.22. The Bertz CT molecular complexity index is 1490. The molecule has 5 rings (SSSR count). The summed E-state index contributed by atoms with van der Waals surface area (Å²) in [7, 11) is 1.44. The highest BCUT2D eigenvalue weighted by molar-refractivity contribution is 6.04. The molecule has 3 aromatic rings. The van der Waals surface area contributed by atoms with Gasteiger partial charge in [0.25, 0.3) is 5.91 Å². The number of anilines is 1. The Morgan fingerprint density at radius 3 is 2.57 bits per heavy atom. The molecule has 0 aromatic heterocycles. The number of hydroxylamine groups is 3. The average Bonchev–Trinajstić information content (AvgIpc) is 2.96. The first-order valence-electron chi connectivity index (χ1n) is 14.1. The molecule has 0 aliphatic carbocycles. The SMILES string of the molecule is Cc1ccc(NC(=O)c2cccc(C(F)(F)F)c2)cc1C1CC2CNC(/C=C\Cc3ccccc3)CC2[N+](C)([O-])C1=O. The number of benzene rings is 3. The number of amides is 2. The Hall–Kier alpha value is -3.79. The van der Waals surface area contributed by atoms with Crippen LogP contribution in [0.25, 0.3) is 0 Å². The summed E-state index contributed by atoms with van der Waals surface area (Å²) in [4.78, 5) is 26.5. The van der Waals surface area contributed by atoms with Gasteiger partial charge < -0.3 is 15.8 Å². The number of nitrogens with zero attached hydrogens (tertiary/aromatic N) is 1. The van der Waals surface area contributed by atoms with E-state index >= 15 is 0 Å². The van der Waals surface area contributed by atoms with Gasteiger partial charge in [-0.1, -0.05) is 54.6 Å². The van der Waals surface area contributed by atoms with E-state index in [-0.39, 0.29) is 23.6 Å². The molecule has 2 N–H and O–H groups in total. The maximum atomic E-state index is 13.9. The molecule has 2 heterocycles. The summed E-state index contributed by atoms with van der Waals surface area (Å²) in [6, 6.07) is 19.0. The van der Waals surface area contributed by atoms with Gasteiger partial charge in [0, 0.05) is 36.2 Å². The molecule has 5 atom stereocenters. The summed E-state index contributed by atoms with van der Waals surface area (Å²) < 4.78 is 38.4. The van der Waals surface area contributed by atoms with Gasteiger partial charge in [0.15, 0.2) is 0 Å². The lowest BCUT2D eigenvalue weighted by atomic mass is 9.74. The van der Waals surface area contributed by atoms with E-state index < -0.39 is 34.1 Å². The largest absolute Gasteiger partial charge is 0.625 e. The minimum absolute atomic E-state index is 0.00170. The van der Waals surface area contributed by atoms with Crippen LogP contribution in [0.2, 0.25) is 0 Å². The molecule has 5 unspecified atom stereocenters. The van der Waals surface area contributed by atoms with Crippen LogP contribution in [0.1, 0.15) is 51.4 Å². The topological polar surface area (TPSA) is 81.3 Å². The van der Waals surface area contributed by atoms with Crippen molar-refractivity contribution in [2.24, 2.45) is 5.92 Å². The van der Waals surface area contributed by atoms with Crippen LogP contribution in [-0.4, -0.2) is 42.1 Å². The molecule has 2 fully saturated rings. The second kappa shape index (κ2) is 11.8. The van der Waals surface area contributed by atoms with Crippen LogP contribution in [0.3, 0.4) is 0 Å². The van der Waals surface area contributed by atoms with Crippen LogP contribution in [0, 0.1) is 18.0 Å². The Morgan fingerprint density at radius 1 is 1.07 bits per heavy atom. The Morgan fingerprint density at radius 2 is 1.83 bits per heavy atom. The zero-order valence-corrected chi connectivity index (χ0v) is 23.5. The summed E-state index contributed by atoms with van der Waals surface area (Å²) in [5, 5.41) is 20.1. The number of carbonyl (C=O) groups excluding carboxylic acids is 2. The molecular weight excluding hydrogens is 543 g/mol. The van der Waals surface area contributed by atoms with Gasteiger partial charge in [0.05, 0.1) is 12.6 Å². The fraction of sp³-hybridized carbons (Fsp3) is 0.333. The van der Waals surface area contributed by atoms with Crippen molar-refractivity contribution in [2.75, 3.05) is 18.9 Å². The van der Waals surface area contributed by atoms with Crippen molar-refractivity contribution in [1.29, 1.82) is 0 Å². The number of carbonyl (C=O) groups is 2. The van der Waals surface area contributed by atoms with E-state index in [2.05, 4.69) is 34.9 Å². The zero-order chi connectivity index (χ0) is 30.1. The molecule has 3 aromatic carbocycles. The molecule has 42 heavy (non-hydrogen) atoms. The second-order valence-electron chi connectivity index (χ2n) is 11.4. The monoisotopic (exact) mass is 577 g/mol. The van der Waals surface area contributed by atoms with Crippen molar-refractivity contribution in [1.82, 2.24) is 5.32 Å². The van der Waals surface area contributed by atoms with Gasteiger partial charge >= 0.3 is 12.1 Å². The number of aryl methyl sites for hydroxylation is 1. The van der Waals surface area contributed by atoms with E-state index in [0.717, 1.165) is 24.1 Å². The summed E-state index contributed by atoms with van der Waals surface area (Å²) in [5.41, 5.74) is 1.95. The third-order valence-corrected chi connectivity index (χ3v) is 8.52. The molecule has 0 radical (unpaired) electrons. The maximum absolute atomic E-state index is 13.9. The van der Waals surface area contributed by atoms with Gasteiger partial charge in [-0.25, -0.2) is 4.79 Å². The van der Waals surface area contributed by atoms with Gasteiger partial charge in [0.2, 0.25) is 0 Å². The first-order chi connectivity index (χ1) is 19.9. The number of allylic oxidation sites excluding steroid dienone is 1. The lowest BCUT2D eigenvalue weighted by Gasteiger charge is -2.54. The van der Waals surface area contributed by atoms with E-state index in [0.29, 0.717) is 30.6 Å². The minimum atomic E-state index is -4.57. The van der Waals surface area contributed by atoms with Gasteiger partial charge in [-0.05, 0) is 66.8 Å². The van der Waals surface area contributed by atoms with Crippen molar-refractivity contribution in [3.63, 3.8) is 0 Å². The van der Waals surface area contributed by atoms with Crippen molar-refractivity contribution in [2.45, 2.75) is 50.4 Å². The lowest BCUT2D eigenvalue weighted by molar-refractivity contribution is -0.822. The number of likely N-dealkylation sites (N-methyl/N-ethyl adjacent to an activating group) is 1. The van der Waals surface area contributed by atoms with Gasteiger partial charge in [-0.3, -0.25) is 9.44 Å². The zero-order valence-electron chi connectivity index (χ0n) is 23.5. The smallest absolute Gasteiger partial charge is 0.416 e. The molecule has 2 aliphatic rings. The van der Waals surface area contributed by atoms with Crippen LogP contribution in [0.4, 0.5) is 18.9 Å². The maximum Gasteiger partial charge on any atom is 0.416 e. The third kappa shape index (κ3) is 6.33. The first-order valence-corrected chi connectivity index (χ1v) is 14.1. The predicted molar refractivity (Wildman–Crippen MR) is 155 cm³/mol. The second-order valence-corrected chi connectivity index (χ2v) is 11.4. The molecule has 220 valence electrons. The highest BCUT2D eigenvalue weighted by Gasteiger charge is 2.51. The number of piperidine rings is 2. The fourth-order valence-electron chi connectivity index (χ4n) is 6.22. The molecule has 9 heteroatoms. The van der Waals surface area contributed by atoms with E-state index in [1.54, 1.807) is 18.2 Å². The summed E-state index contributed by atoms with van der Waals surface area (Å²) in [6.45, 7) is 2.45. The van der Waals surface area contributed by atoms with Gasteiger partial charge in [-0.15, -0.1) is 0 Å². The van der Waals surface area contributed by atoms with Gasteiger partial charge in [-0.2, -0.15) is 13.2 Å². The number of hydrogen-bond donors (Lipinski definition) is 2. The third-order valence-electron chi connectivity index (χ3n) is 8.52. The number of likely N-dealkylation sites (tertiary alicyclic amines) is 1. The van der Waals surface area contributed by atoms with Crippen molar-refractivity contribution < 1.29 is 27.4 Å².